The van der Waals surface area contributed by atoms with Gasteiger partial charge in [-0.15, -0.1) is 0 Å². The molecule has 0 unspecified atom stereocenters. The number of nitro groups is 1. The number of halogens is 3. The van der Waals surface area contributed by atoms with E-state index in [4.69, 9.17) is 11.6 Å². The van der Waals surface area contributed by atoms with Crippen LogP contribution in [0.3, 0.4) is 0 Å². The molecule has 0 aliphatic rings. The highest BCUT2D eigenvalue weighted by molar-refractivity contribution is 6.31. The number of carbonyl (C=O) groups excluding carboxylic acids is 1. The molecule has 1 atom stereocenters. The Morgan fingerprint density at radius 1 is 1.24 bits per heavy atom. The molecule has 0 aliphatic carbocycles. The third-order valence-electron chi connectivity index (χ3n) is 3.44. The summed E-state index contributed by atoms with van der Waals surface area (Å²) in [6, 6.07) is 6.89. The molecule has 1 amide bonds. The molecule has 0 spiro atoms. The van der Waals surface area contributed by atoms with Gasteiger partial charge in [0, 0.05) is 17.1 Å². The lowest BCUT2D eigenvalue weighted by atomic mass is 10.1. The monoisotopic (exact) mass is 369 g/mol. The van der Waals surface area contributed by atoms with Gasteiger partial charge in [-0.25, -0.2) is 8.78 Å². The summed E-state index contributed by atoms with van der Waals surface area (Å²) in [4.78, 5) is 22.3. The summed E-state index contributed by atoms with van der Waals surface area (Å²) in [7, 11) is 0. The molecular formula is C16H14ClF2N3O3. The Hall–Kier alpha value is -2.58. The normalized spacial score (nSPS) is 11.8. The quantitative estimate of drug-likeness (QED) is 0.599. The van der Waals surface area contributed by atoms with E-state index in [9.17, 15) is 23.7 Å². The van der Waals surface area contributed by atoms with E-state index in [1.807, 2.05) is 0 Å². The van der Waals surface area contributed by atoms with Crippen molar-refractivity contribution in [3.63, 3.8) is 0 Å². The van der Waals surface area contributed by atoms with E-state index in [1.165, 1.54) is 18.2 Å². The van der Waals surface area contributed by atoms with Gasteiger partial charge in [0.25, 0.3) is 5.69 Å². The van der Waals surface area contributed by atoms with E-state index < -0.39 is 28.5 Å². The molecule has 0 bridgehead atoms. The number of rotatable bonds is 6. The molecule has 2 aromatic rings. The van der Waals surface area contributed by atoms with Gasteiger partial charge in [0.05, 0.1) is 11.5 Å². The molecule has 25 heavy (non-hydrogen) atoms. The molecule has 0 aromatic heterocycles. The molecule has 0 saturated heterocycles. The fraction of sp³-hybridized carbons (Fsp3) is 0.188. The average molecular weight is 370 g/mol. The molecule has 0 aliphatic heterocycles. The zero-order valence-electron chi connectivity index (χ0n) is 13.1. The maximum Gasteiger partial charge on any atom is 0.294 e. The van der Waals surface area contributed by atoms with Crippen molar-refractivity contribution in [1.29, 1.82) is 0 Å². The number of carbonyl (C=O) groups is 1. The highest BCUT2D eigenvalue weighted by atomic mass is 35.5. The van der Waals surface area contributed by atoms with E-state index >= 15 is 0 Å². The van der Waals surface area contributed by atoms with Gasteiger partial charge in [0.1, 0.15) is 5.69 Å². The number of nitrogens with zero attached hydrogens (tertiary/aromatic N) is 1. The van der Waals surface area contributed by atoms with Crippen molar-refractivity contribution in [3.8, 4) is 0 Å². The second-order valence-corrected chi connectivity index (χ2v) is 5.68. The fourth-order valence-corrected chi connectivity index (χ4v) is 2.27. The smallest absolute Gasteiger partial charge is 0.294 e. The summed E-state index contributed by atoms with van der Waals surface area (Å²) >= 11 is 5.71. The van der Waals surface area contributed by atoms with Crippen LogP contribution in [0, 0.1) is 21.7 Å². The molecule has 0 heterocycles. The summed E-state index contributed by atoms with van der Waals surface area (Å²) in [6.45, 7) is 1.49. The largest absolute Gasteiger partial charge is 0.319 e. The van der Waals surface area contributed by atoms with E-state index in [2.05, 4.69) is 10.6 Å². The highest BCUT2D eigenvalue weighted by Gasteiger charge is 2.17. The summed E-state index contributed by atoms with van der Waals surface area (Å²) in [6.07, 6.45) is 0. The lowest BCUT2D eigenvalue weighted by Crippen LogP contribution is -2.30. The van der Waals surface area contributed by atoms with E-state index in [1.54, 1.807) is 6.92 Å². The van der Waals surface area contributed by atoms with Crippen molar-refractivity contribution in [2.45, 2.75) is 13.0 Å². The summed E-state index contributed by atoms with van der Waals surface area (Å²) < 4.78 is 26.1. The number of nitrogens with one attached hydrogen (secondary N) is 2. The van der Waals surface area contributed by atoms with Crippen LogP contribution in [0.2, 0.25) is 5.02 Å². The van der Waals surface area contributed by atoms with Crippen LogP contribution in [0.5, 0.6) is 0 Å². The van der Waals surface area contributed by atoms with Gasteiger partial charge in [-0.3, -0.25) is 14.9 Å². The SMILES string of the molecule is C[C@@H](NCC(=O)Nc1ccc(Cl)cc1[N+](=O)[O-])c1ccc(F)c(F)c1. The maximum atomic E-state index is 13.2. The van der Waals surface area contributed by atoms with Crippen LogP contribution >= 0.6 is 11.6 Å². The van der Waals surface area contributed by atoms with Gasteiger partial charge < -0.3 is 10.6 Å². The molecule has 6 nitrogen and oxygen atoms in total. The minimum absolute atomic E-state index is 0.0154. The predicted molar refractivity (Wildman–Crippen MR) is 89.5 cm³/mol. The first-order valence-electron chi connectivity index (χ1n) is 7.20. The lowest BCUT2D eigenvalue weighted by molar-refractivity contribution is -0.383. The minimum Gasteiger partial charge on any atom is -0.319 e. The second-order valence-electron chi connectivity index (χ2n) is 5.24. The van der Waals surface area contributed by atoms with E-state index in [-0.39, 0.29) is 22.9 Å². The van der Waals surface area contributed by atoms with Gasteiger partial charge in [-0.05, 0) is 36.8 Å². The van der Waals surface area contributed by atoms with Crippen LogP contribution in [-0.4, -0.2) is 17.4 Å². The Balaban J connectivity index is 1.99. The Morgan fingerprint density at radius 3 is 2.60 bits per heavy atom. The van der Waals surface area contributed by atoms with Crippen molar-refractivity contribution in [1.82, 2.24) is 5.32 Å². The van der Waals surface area contributed by atoms with Gasteiger partial charge in [0.2, 0.25) is 5.91 Å². The zero-order chi connectivity index (χ0) is 18.6. The highest BCUT2D eigenvalue weighted by Crippen LogP contribution is 2.27. The Labute approximate surface area is 146 Å². The molecule has 0 saturated carbocycles. The molecule has 0 fully saturated rings. The van der Waals surface area contributed by atoms with Crippen LogP contribution < -0.4 is 10.6 Å². The molecular weight excluding hydrogens is 356 g/mol. The predicted octanol–water partition coefficient (Wildman–Crippen LogP) is 3.82. The fourth-order valence-electron chi connectivity index (χ4n) is 2.10. The van der Waals surface area contributed by atoms with Gasteiger partial charge >= 0.3 is 0 Å². The van der Waals surface area contributed by atoms with Crippen LogP contribution in [0.25, 0.3) is 0 Å². The van der Waals surface area contributed by atoms with Crippen molar-refractivity contribution in [3.05, 3.63) is 68.7 Å². The Morgan fingerprint density at radius 2 is 1.96 bits per heavy atom. The summed E-state index contributed by atoms with van der Waals surface area (Å²) in [5, 5.41) is 16.4. The molecule has 0 radical (unpaired) electrons. The first-order valence-corrected chi connectivity index (χ1v) is 7.58. The van der Waals surface area contributed by atoms with Crippen LogP contribution in [0.15, 0.2) is 36.4 Å². The van der Waals surface area contributed by atoms with Gasteiger partial charge in [-0.1, -0.05) is 17.7 Å². The molecule has 2 rings (SSSR count). The number of hydrogen-bond donors (Lipinski definition) is 2. The van der Waals surface area contributed by atoms with Gasteiger partial charge in [0.15, 0.2) is 11.6 Å². The molecule has 9 heteroatoms. The average Bonchev–Trinajstić information content (AvgIpc) is 2.56. The first kappa shape index (κ1) is 18.8. The second kappa shape index (κ2) is 8.00. The number of anilines is 1. The standard InChI is InChI=1S/C16H14ClF2N3O3/c1-9(10-2-4-12(18)13(19)6-10)20-8-16(23)21-14-5-3-11(17)7-15(14)22(24)25/h2-7,9,20H,8H2,1H3,(H,21,23)/t9-/m1/s1. The minimum atomic E-state index is -0.979. The van der Waals surface area contributed by atoms with E-state index in [0.717, 1.165) is 18.2 Å². The Bertz CT molecular complexity index is 817. The third kappa shape index (κ3) is 4.94. The van der Waals surface area contributed by atoms with Gasteiger partial charge in [-0.2, -0.15) is 0 Å². The number of hydrogen-bond acceptors (Lipinski definition) is 4. The summed E-state index contributed by atoms with van der Waals surface area (Å²) in [5.41, 5.74) is 0.153. The van der Waals surface area contributed by atoms with Crippen LogP contribution in [-0.2, 0) is 4.79 Å². The van der Waals surface area contributed by atoms with Crippen molar-refractivity contribution < 1.29 is 18.5 Å². The van der Waals surface area contributed by atoms with Crippen LogP contribution in [0.1, 0.15) is 18.5 Å². The lowest BCUT2D eigenvalue weighted by Gasteiger charge is -2.14. The Kier molecular flexibility index (Phi) is 6.00. The summed E-state index contributed by atoms with van der Waals surface area (Å²) in [5.74, 6) is -2.46. The zero-order valence-corrected chi connectivity index (χ0v) is 13.8. The topological polar surface area (TPSA) is 84.3 Å². The van der Waals surface area contributed by atoms with Crippen LogP contribution in [0.4, 0.5) is 20.2 Å². The maximum absolute atomic E-state index is 13.2. The number of amides is 1. The van der Waals surface area contributed by atoms with Crippen molar-refractivity contribution in [2.75, 3.05) is 11.9 Å². The van der Waals surface area contributed by atoms with E-state index in [0.29, 0.717) is 5.56 Å². The van der Waals surface area contributed by atoms with Crippen molar-refractivity contribution >= 4 is 28.9 Å². The number of nitro benzene ring substituents is 1. The molecule has 132 valence electrons. The van der Waals surface area contributed by atoms with Crippen molar-refractivity contribution in [2.24, 2.45) is 0 Å². The number of benzene rings is 2. The first-order chi connectivity index (χ1) is 11.8. The third-order valence-corrected chi connectivity index (χ3v) is 3.68. The molecule has 2 aromatic carbocycles. The molecule has 2 N–H and O–H groups in total.